The van der Waals surface area contributed by atoms with Crippen molar-refractivity contribution in [2.24, 2.45) is 0 Å². The van der Waals surface area contributed by atoms with Crippen LogP contribution in [0.3, 0.4) is 0 Å². The average molecular weight is 410 g/mol. The van der Waals surface area contributed by atoms with E-state index in [1.807, 2.05) is 0 Å². The van der Waals surface area contributed by atoms with E-state index in [0.29, 0.717) is 0 Å². The number of nitrogens with one attached hydrogen (secondary N) is 1. The third-order valence-electron chi connectivity index (χ3n) is 6.79. The molecule has 1 saturated heterocycles. The topological polar surface area (TPSA) is 27.7 Å². The molecule has 1 fully saturated rings. The molecule has 6 rings (SSSR count). The van der Waals surface area contributed by atoms with E-state index in [1.165, 1.54) is 16.7 Å². The number of piperidine rings is 1. The predicted octanol–water partition coefficient (Wildman–Crippen LogP) is 4.97. The lowest BCUT2D eigenvalue weighted by Gasteiger charge is -2.51. The van der Waals surface area contributed by atoms with E-state index >= 15 is 0 Å². The molecule has 0 saturated carbocycles. The van der Waals surface area contributed by atoms with Crippen LogP contribution >= 0.6 is 0 Å². The summed E-state index contributed by atoms with van der Waals surface area (Å²) in [5.74, 6) is 1.02. The summed E-state index contributed by atoms with van der Waals surface area (Å²) in [5.41, 5.74) is 8.38. The van der Waals surface area contributed by atoms with Crippen molar-refractivity contribution in [2.45, 2.75) is 31.2 Å². The largest absolute Gasteiger partial charge is 0.470 e. The number of hydrazine groups is 1. The maximum Gasteiger partial charge on any atom is 0.182 e. The second-order valence-corrected chi connectivity index (χ2v) is 8.72. The summed E-state index contributed by atoms with van der Waals surface area (Å²) in [4.78, 5) is 2.54. The molecule has 1 atom stereocenters. The molecule has 1 spiro atoms. The van der Waals surface area contributed by atoms with Crippen molar-refractivity contribution in [3.8, 4) is 5.75 Å². The minimum atomic E-state index is -0.334. The van der Waals surface area contributed by atoms with Gasteiger partial charge in [-0.25, -0.2) is 0 Å². The van der Waals surface area contributed by atoms with Crippen LogP contribution in [0.4, 0.5) is 0 Å². The van der Waals surface area contributed by atoms with Crippen molar-refractivity contribution in [1.82, 2.24) is 15.3 Å². The number of hydrogen-bond donors (Lipinski definition) is 1. The molecule has 0 bridgehead atoms. The third-order valence-corrected chi connectivity index (χ3v) is 6.79. The molecular weight excluding hydrogens is 382 g/mol. The molecule has 31 heavy (non-hydrogen) atoms. The first-order chi connectivity index (χ1) is 15.3. The van der Waals surface area contributed by atoms with Gasteiger partial charge in [-0.3, -0.25) is 4.90 Å². The number of likely N-dealkylation sites (tertiary alicyclic amines) is 1. The molecule has 3 aromatic carbocycles. The number of nitrogens with zero attached hydrogens (tertiary/aromatic N) is 2. The van der Waals surface area contributed by atoms with Gasteiger partial charge in [-0.2, -0.15) is 5.01 Å². The summed E-state index contributed by atoms with van der Waals surface area (Å²) in [5, 5.41) is 2.37. The first kappa shape index (κ1) is 18.7. The van der Waals surface area contributed by atoms with Gasteiger partial charge >= 0.3 is 0 Å². The Kier molecular flexibility index (Phi) is 4.55. The Labute approximate surface area is 183 Å². The molecule has 0 aromatic heterocycles. The highest BCUT2D eigenvalue weighted by atomic mass is 16.5. The minimum absolute atomic E-state index is 0.181. The smallest absolute Gasteiger partial charge is 0.182 e. The first-order valence-electron chi connectivity index (χ1n) is 11.2. The van der Waals surface area contributed by atoms with E-state index < -0.39 is 0 Å². The van der Waals surface area contributed by atoms with Crippen LogP contribution in [0.2, 0.25) is 0 Å². The van der Waals surface area contributed by atoms with Gasteiger partial charge in [-0.05, 0) is 23.3 Å². The Balaban J connectivity index is 1.28. The molecule has 4 heteroatoms. The van der Waals surface area contributed by atoms with E-state index in [2.05, 4.69) is 106 Å². The second-order valence-electron chi connectivity index (χ2n) is 8.72. The molecule has 3 aliphatic heterocycles. The zero-order valence-corrected chi connectivity index (χ0v) is 17.6. The highest BCUT2D eigenvalue weighted by Crippen LogP contribution is 2.48. The number of hydrogen-bond acceptors (Lipinski definition) is 4. The Morgan fingerprint density at radius 3 is 2.29 bits per heavy atom. The van der Waals surface area contributed by atoms with Crippen LogP contribution in [0, 0.1) is 0 Å². The fourth-order valence-electron chi connectivity index (χ4n) is 5.15. The zero-order valence-electron chi connectivity index (χ0n) is 17.6. The van der Waals surface area contributed by atoms with Gasteiger partial charge in [0.1, 0.15) is 5.75 Å². The standard InChI is InChI=1S/C27H27N3O/c1-3-9-21(10-4-1)20-29-17-15-27(16-18-29)30-25(23-13-7-8-14-26(23)31-27)19-24(28-30)22-11-5-2-6-12-22/h1-14,19,25,28H,15-18,20H2/t25-/m0/s1. The molecule has 3 aliphatic rings. The minimum Gasteiger partial charge on any atom is -0.470 e. The number of fused-ring (bicyclic) bond motifs is 4. The van der Waals surface area contributed by atoms with Crippen LogP contribution in [0.25, 0.3) is 5.70 Å². The van der Waals surface area contributed by atoms with Crippen molar-refractivity contribution in [2.75, 3.05) is 13.1 Å². The van der Waals surface area contributed by atoms with Crippen LogP contribution < -0.4 is 10.2 Å². The van der Waals surface area contributed by atoms with Gasteiger partial charge < -0.3 is 10.2 Å². The molecule has 0 amide bonds. The summed E-state index contributed by atoms with van der Waals surface area (Å²) >= 11 is 0. The number of ether oxygens (including phenoxy) is 1. The SMILES string of the molecule is C1=C(c2ccccc2)NN2[C@@H]1c1ccccc1OC21CCN(Cc2ccccc2)CC1. The lowest BCUT2D eigenvalue weighted by molar-refractivity contribution is -0.160. The van der Waals surface area contributed by atoms with Gasteiger partial charge in [0.2, 0.25) is 0 Å². The molecule has 0 unspecified atom stereocenters. The Hall–Kier alpha value is -3.08. The molecule has 1 N–H and O–H groups in total. The number of rotatable bonds is 3. The Morgan fingerprint density at radius 1 is 0.839 bits per heavy atom. The van der Waals surface area contributed by atoms with Crippen molar-refractivity contribution in [3.63, 3.8) is 0 Å². The van der Waals surface area contributed by atoms with Gasteiger partial charge in [-0.1, -0.05) is 78.9 Å². The quantitative estimate of drug-likeness (QED) is 0.661. The van der Waals surface area contributed by atoms with E-state index in [1.54, 1.807) is 0 Å². The first-order valence-corrected chi connectivity index (χ1v) is 11.2. The van der Waals surface area contributed by atoms with Gasteiger partial charge in [0, 0.05) is 38.0 Å². The fourth-order valence-corrected chi connectivity index (χ4v) is 5.15. The lowest BCUT2D eigenvalue weighted by atomic mass is 9.92. The maximum absolute atomic E-state index is 6.76. The Morgan fingerprint density at radius 2 is 1.52 bits per heavy atom. The molecule has 156 valence electrons. The third kappa shape index (κ3) is 3.32. The normalized spacial score (nSPS) is 22.2. The van der Waals surface area contributed by atoms with E-state index in [0.717, 1.165) is 43.9 Å². The number of benzene rings is 3. The van der Waals surface area contributed by atoms with Crippen molar-refractivity contribution < 1.29 is 4.74 Å². The molecule has 0 aliphatic carbocycles. The van der Waals surface area contributed by atoms with Crippen LogP contribution in [-0.2, 0) is 6.54 Å². The van der Waals surface area contributed by atoms with Crippen molar-refractivity contribution >= 4 is 5.70 Å². The fraction of sp³-hybridized carbons (Fsp3) is 0.259. The molecule has 3 aromatic rings. The van der Waals surface area contributed by atoms with Crippen molar-refractivity contribution in [1.29, 1.82) is 0 Å². The highest BCUT2D eigenvalue weighted by Gasteiger charge is 2.51. The maximum atomic E-state index is 6.76. The average Bonchev–Trinajstić information content (AvgIpc) is 3.29. The summed E-state index contributed by atoms with van der Waals surface area (Å²) in [6.07, 6.45) is 4.29. The summed E-state index contributed by atoms with van der Waals surface area (Å²) < 4.78 is 6.76. The van der Waals surface area contributed by atoms with Gasteiger partial charge in [0.25, 0.3) is 0 Å². The summed E-state index contributed by atoms with van der Waals surface area (Å²) in [7, 11) is 0. The predicted molar refractivity (Wildman–Crippen MR) is 123 cm³/mol. The zero-order chi connectivity index (χ0) is 20.7. The van der Waals surface area contributed by atoms with Crippen LogP contribution in [-0.4, -0.2) is 28.7 Å². The van der Waals surface area contributed by atoms with Crippen molar-refractivity contribution in [3.05, 3.63) is 108 Å². The van der Waals surface area contributed by atoms with Crippen LogP contribution in [0.15, 0.2) is 91.0 Å². The van der Waals surface area contributed by atoms with Gasteiger partial charge in [0.15, 0.2) is 5.72 Å². The molecule has 0 radical (unpaired) electrons. The van der Waals surface area contributed by atoms with E-state index in [-0.39, 0.29) is 11.8 Å². The molecular formula is C27H27N3O. The van der Waals surface area contributed by atoms with E-state index in [9.17, 15) is 0 Å². The van der Waals surface area contributed by atoms with Crippen LogP contribution in [0.5, 0.6) is 5.75 Å². The molecule has 4 nitrogen and oxygen atoms in total. The van der Waals surface area contributed by atoms with Gasteiger partial charge in [-0.15, -0.1) is 0 Å². The van der Waals surface area contributed by atoms with Crippen LogP contribution in [0.1, 0.15) is 35.6 Å². The highest BCUT2D eigenvalue weighted by molar-refractivity contribution is 5.67. The molecule has 3 heterocycles. The Bertz CT molecular complexity index is 1090. The monoisotopic (exact) mass is 409 g/mol. The summed E-state index contributed by atoms with van der Waals surface area (Å²) in [6.45, 7) is 3.03. The second kappa shape index (κ2) is 7.56. The lowest BCUT2D eigenvalue weighted by Crippen LogP contribution is -2.63. The van der Waals surface area contributed by atoms with Gasteiger partial charge in [0.05, 0.1) is 11.7 Å². The number of para-hydroxylation sites is 1. The van der Waals surface area contributed by atoms with E-state index in [4.69, 9.17) is 4.74 Å². The summed E-state index contributed by atoms with van der Waals surface area (Å²) in [6, 6.07) is 30.0.